The van der Waals surface area contributed by atoms with Gasteiger partial charge in [-0.2, -0.15) is 0 Å². The van der Waals surface area contributed by atoms with Crippen molar-refractivity contribution in [3.05, 3.63) is 29.8 Å². The van der Waals surface area contributed by atoms with Crippen molar-refractivity contribution < 1.29 is 14.3 Å². The van der Waals surface area contributed by atoms with E-state index in [1.807, 2.05) is 29.2 Å². The number of aliphatic imine (C=N–C) groups is 1. The van der Waals surface area contributed by atoms with Crippen molar-refractivity contribution in [2.75, 3.05) is 40.8 Å². The standard InChI is InChI=1S/C23H35N5O3.HI/c1-27(2)21(29)15-25-23(24-14-17-8-10-20(31-3)11-9-17)26-19-12-13-28(16-19)22(30)18-6-4-5-7-18;/h8-11,18-19H,4-7,12-16H2,1-3H3,(H2,24,25,26);1H. The molecule has 1 atom stereocenters. The van der Waals surface area contributed by atoms with Gasteiger partial charge >= 0.3 is 0 Å². The predicted molar refractivity (Wildman–Crippen MR) is 136 cm³/mol. The number of halogens is 1. The summed E-state index contributed by atoms with van der Waals surface area (Å²) in [6.07, 6.45) is 5.26. The molecular formula is C23H36IN5O3. The lowest BCUT2D eigenvalue weighted by Crippen LogP contribution is -2.48. The van der Waals surface area contributed by atoms with E-state index in [1.54, 1.807) is 26.1 Å². The number of benzene rings is 1. The summed E-state index contributed by atoms with van der Waals surface area (Å²) in [5, 5.41) is 6.57. The van der Waals surface area contributed by atoms with E-state index in [1.165, 1.54) is 0 Å². The van der Waals surface area contributed by atoms with Crippen LogP contribution in [0.1, 0.15) is 37.7 Å². The maximum absolute atomic E-state index is 12.7. The summed E-state index contributed by atoms with van der Waals surface area (Å²) in [5.74, 6) is 1.88. The lowest BCUT2D eigenvalue weighted by Gasteiger charge is -2.22. The van der Waals surface area contributed by atoms with Gasteiger partial charge in [-0.25, -0.2) is 4.99 Å². The highest BCUT2D eigenvalue weighted by atomic mass is 127. The number of likely N-dealkylation sites (N-methyl/N-ethyl adjacent to an activating group) is 1. The Kier molecular flexibility index (Phi) is 10.5. The van der Waals surface area contributed by atoms with Crippen molar-refractivity contribution in [1.29, 1.82) is 0 Å². The quantitative estimate of drug-likeness (QED) is 0.305. The number of rotatable bonds is 7. The highest BCUT2D eigenvalue weighted by Crippen LogP contribution is 2.27. The number of hydrogen-bond acceptors (Lipinski definition) is 4. The molecule has 8 nitrogen and oxygen atoms in total. The Morgan fingerprint density at radius 3 is 2.47 bits per heavy atom. The number of amides is 2. The third-order valence-electron chi connectivity index (χ3n) is 6.03. The van der Waals surface area contributed by atoms with Crippen LogP contribution < -0.4 is 15.4 Å². The molecule has 1 unspecified atom stereocenters. The van der Waals surface area contributed by atoms with Crippen LogP contribution in [0.25, 0.3) is 0 Å². The van der Waals surface area contributed by atoms with Crippen LogP contribution in [0.5, 0.6) is 5.75 Å². The van der Waals surface area contributed by atoms with E-state index >= 15 is 0 Å². The van der Waals surface area contributed by atoms with Crippen LogP contribution >= 0.6 is 24.0 Å². The van der Waals surface area contributed by atoms with E-state index in [9.17, 15) is 9.59 Å². The Hall–Kier alpha value is -2.04. The van der Waals surface area contributed by atoms with Crippen LogP contribution in [0.3, 0.4) is 0 Å². The summed E-state index contributed by atoms with van der Waals surface area (Å²) in [4.78, 5) is 33.0. The van der Waals surface area contributed by atoms with Gasteiger partial charge in [-0.3, -0.25) is 9.59 Å². The zero-order chi connectivity index (χ0) is 22.2. The summed E-state index contributed by atoms with van der Waals surface area (Å²) in [6, 6.07) is 7.89. The number of nitrogens with zero attached hydrogens (tertiary/aromatic N) is 3. The molecule has 2 fully saturated rings. The highest BCUT2D eigenvalue weighted by Gasteiger charge is 2.32. The minimum atomic E-state index is -0.0246. The molecule has 9 heteroatoms. The number of ether oxygens (including phenoxy) is 1. The number of carbonyl (C=O) groups excluding carboxylic acids is 2. The third kappa shape index (κ3) is 7.53. The molecule has 0 bridgehead atoms. The minimum Gasteiger partial charge on any atom is -0.497 e. The normalized spacial score (nSPS) is 18.8. The van der Waals surface area contributed by atoms with Crippen LogP contribution in [0.4, 0.5) is 0 Å². The smallest absolute Gasteiger partial charge is 0.241 e. The number of likely N-dealkylation sites (tertiary alicyclic amines) is 1. The molecule has 1 heterocycles. The lowest BCUT2D eigenvalue weighted by molar-refractivity contribution is -0.134. The van der Waals surface area contributed by atoms with Gasteiger partial charge in [0, 0.05) is 39.1 Å². The predicted octanol–water partition coefficient (Wildman–Crippen LogP) is 2.23. The first-order valence-corrected chi connectivity index (χ1v) is 11.1. The second-order valence-corrected chi connectivity index (χ2v) is 8.55. The highest BCUT2D eigenvalue weighted by molar-refractivity contribution is 14.0. The molecule has 1 aromatic carbocycles. The molecule has 1 aromatic rings. The van der Waals surface area contributed by atoms with E-state index in [0.717, 1.165) is 50.0 Å². The number of hydrogen-bond donors (Lipinski definition) is 2. The van der Waals surface area contributed by atoms with Crippen LogP contribution in [-0.2, 0) is 16.1 Å². The minimum absolute atomic E-state index is 0. The monoisotopic (exact) mass is 557 g/mol. The summed E-state index contributed by atoms with van der Waals surface area (Å²) in [6.45, 7) is 2.10. The fourth-order valence-electron chi connectivity index (χ4n) is 4.07. The first-order chi connectivity index (χ1) is 15.0. The van der Waals surface area contributed by atoms with Gasteiger partial charge < -0.3 is 25.2 Å². The Labute approximate surface area is 208 Å². The van der Waals surface area contributed by atoms with Crippen molar-refractivity contribution in [3.63, 3.8) is 0 Å². The first kappa shape index (κ1) is 26.2. The second kappa shape index (κ2) is 12.9. The van der Waals surface area contributed by atoms with Crippen molar-refractivity contribution in [3.8, 4) is 5.75 Å². The van der Waals surface area contributed by atoms with Crippen molar-refractivity contribution in [2.24, 2.45) is 10.9 Å². The molecule has 178 valence electrons. The van der Waals surface area contributed by atoms with Gasteiger partial charge in [0.2, 0.25) is 11.8 Å². The van der Waals surface area contributed by atoms with E-state index in [2.05, 4.69) is 15.6 Å². The van der Waals surface area contributed by atoms with Crippen molar-refractivity contribution in [1.82, 2.24) is 20.4 Å². The zero-order valence-corrected chi connectivity index (χ0v) is 21.6. The molecule has 2 aliphatic rings. The number of guanidine groups is 1. The fourth-order valence-corrected chi connectivity index (χ4v) is 4.07. The number of methoxy groups -OCH3 is 1. The molecule has 0 radical (unpaired) electrons. The van der Waals surface area contributed by atoms with Crippen molar-refractivity contribution >= 4 is 41.8 Å². The maximum Gasteiger partial charge on any atom is 0.241 e. The largest absolute Gasteiger partial charge is 0.497 e. The topological polar surface area (TPSA) is 86.3 Å². The second-order valence-electron chi connectivity index (χ2n) is 8.55. The zero-order valence-electron chi connectivity index (χ0n) is 19.3. The van der Waals surface area contributed by atoms with Crippen molar-refractivity contribution in [2.45, 2.75) is 44.7 Å². The van der Waals surface area contributed by atoms with Gasteiger partial charge in [-0.1, -0.05) is 25.0 Å². The molecule has 1 aliphatic heterocycles. The molecule has 0 aromatic heterocycles. The molecule has 3 rings (SSSR count). The van der Waals surface area contributed by atoms with Gasteiger partial charge in [0.25, 0.3) is 0 Å². The summed E-state index contributed by atoms with van der Waals surface area (Å²) < 4.78 is 5.20. The fraction of sp³-hybridized carbons (Fsp3) is 0.609. The number of nitrogens with one attached hydrogen (secondary N) is 2. The Morgan fingerprint density at radius 1 is 1.16 bits per heavy atom. The molecule has 1 aliphatic carbocycles. The van der Waals surface area contributed by atoms with Gasteiger partial charge in [0.1, 0.15) is 5.75 Å². The van der Waals surface area contributed by atoms with E-state index in [-0.39, 0.29) is 48.4 Å². The average molecular weight is 557 g/mol. The molecular weight excluding hydrogens is 521 g/mol. The summed E-state index contributed by atoms with van der Waals surface area (Å²) in [7, 11) is 5.10. The molecule has 1 saturated heterocycles. The van der Waals surface area contributed by atoms with Crippen LogP contribution in [0.15, 0.2) is 29.3 Å². The SMILES string of the molecule is COc1ccc(CN=C(NCC(=O)N(C)C)NC2CCN(C(=O)C3CCCC3)C2)cc1.I. The van der Waals surface area contributed by atoms with E-state index < -0.39 is 0 Å². The van der Waals surface area contributed by atoms with Gasteiger partial charge in [-0.05, 0) is 37.0 Å². The Balaban J connectivity index is 0.00000363. The number of carbonyl (C=O) groups is 2. The summed E-state index contributed by atoms with van der Waals surface area (Å²) >= 11 is 0. The van der Waals surface area contributed by atoms with Crippen LogP contribution in [0, 0.1) is 5.92 Å². The first-order valence-electron chi connectivity index (χ1n) is 11.1. The molecule has 1 saturated carbocycles. The van der Waals surface area contributed by atoms with Crippen LogP contribution in [-0.4, -0.2) is 74.5 Å². The third-order valence-corrected chi connectivity index (χ3v) is 6.03. The van der Waals surface area contributed by atoms with E-state index in [0.29, 0.717) is 25.0 Å². The molecule has 0 spiro atoms. The molecule has 32 heavy (non-hydrogen) atoms. The molecule has 2 amide bonds. The average Bonchev–Trinajstić information content (AvgIpc) is 3.47. The summed E-state index contributed by atoms with van der Waals surface area (Å²) in [5.41, 5.74) is 1.05. The van der Waals surface area contributed by atoms with Gasteiger partial charge in [0.15, 0.2) is 5.96 Å². The van der Waals surface area contributed by atoms with E-state index in [4.69, 9.17) is 4.74 Å². The Bertz CT molecular complexity index is 778. The Morgan fingerprint density at radius 2 is 1.84 bits per heavy atom. The molecule has 2 N–H and O–H groups in total. The van der Waals surface area contributed by atoms with Gasteiger partial charge in [-0.15, -0.1) is 24.0 Å². The lowest BCUT2D eigenvalue weighted by atomic mass is 10.1. The maximum atomic E-state index is 12.7. The van der Waals surface area contributed by atoms with Crippen LogP contribution in [0.2, 0.25) is 0 Å². The van der Waals surface area contributed by atoms with Gasteiger partial charge in [0.05, 0.1) is 20.2 Å².